The van der Waals surface area contributed by atoms with E-state index < -0.39 is 0 Å². The zero-order chi connectivity index (χ0) is 11.3. The number of rotatable bonds is 4. The van der Waals surface area contributed by atoms with Gasteiger partial charge in [-0.3, -0.25) is 0 Å². The Morgan fingerprint density at radius 2 is 2.00 bits per heavy atom. The monoisotopic (exact) mass is 243 g/mol. The molecule has 0 aliphatic heterocycles. The van der Waals surface area contributed by atoms with Crippen molar-refractivity contribution in [2.24, 2.45) is 0 Å². The van der Waals surface area contributed by atoms with Gasteiger partial charge in [0.05, 0.1) is 0 Å². The van der Waals surface area contributed by atoms with E-state index in [0.29, 0.717) is 11.6 Å². The maximum atomic E-state index is 5.79. The molecule has 82 valence electrons. The molecule has 0 aliphatic rings. The molecule has 0 aromatic heterocycles. The van der Waals surface area contributed by atoms with Crippen molar-refractivity contribution in [3.8, 4) is 0 Å². The van der Waals surface area contributed by atoms with Crippen molar-refractivity contribution in [1.29, 1.82) is 0 Å². The normalized spacial score (nSPS) is 14.0. The lowest BCUT2D eigenvalue weighted by Gasteiger charge is -2.13. The third kappa shape index (κ3) is 4.25. The fourth-order valence-electron chi connectivity index (χ4n) is 1.26. The Labute approximate surface area is 101 Å². The standard InChI is InChI=1S/C12H15Cl2N/c1-9-3-5-11(6-4-9)10(2)15-8-12(14)7-13/h3-7,10,15H,8H2,1-2H3/b12-7-/t10-/m0/s1. The van der Waals surface area contributed by atoms with Crippen LogP contribution in [0.1, 0.15) is 24.1 Å². The Balaban J connectivity index is 2.53. The number of nitrogens with one attached hydrogen (secondary N) is 1. The minimum absolute atomic E-state index is 0.274. The molecular formula is C12H15Cl2N. The first-order valence-corrected chi connectivity index (χ1v) is 5.69. The van der Waals surface area contributed by atoms with Crippen molar-refractivity contribution in [3.05, 3.63) is 46.0 Å². The summed E-state index contributed by atoms with van der Waals surface area (Å²) in [5.74, 6) is 0. The van der Waals surface area contributed by atoms with Gasteiger partial charge in [0.15, 0.2) is 0 Å². The van der Waals surface area contributed by atoms with Gasteiger partial charge < -0.3 is 5.32 Å². The quantitative estimate of drug-likeness (QED) is 0.845. The number of benzene rings is 1. The van der Waals surface area contributed by atoms with Crippen LogP contribution in [0.4, 0.5) is 0 Å². The molecule has 0 radical (unpaired) electrons. The zero-order valence-electron chi connectivity index (χ0n) is 8.93. The van der Waals surface area contributed by atoms with E-state index in [9.17, 15) is 0 Å². The highest BCUT2D eigenvalue weighted by Gasteiger charge is 2.04. The van der Waals surface area contributed by atoms with Crippen LogP contribution in [0.25, 0.3) is 0 Å². The van der Waals surface area contributed by atoms with Gasteiger partial charge >= 0.3 is 0 Å². The highest BCUT2D eigenvalue weighted by molar-refractivity contribution is 6.36. The SMILES string of the molecule is Cc1ccc([C@H](C)NC/C(Cl)=C/Cl)cc1. The minimum atomic E-state index is 0.274. The molecule has 0 aliphatic carbocycles. The van der Waals surface area contributed by atoms with Gasteiger partial charge in [0.25, 0.3) is 0 Å². The predicted octanol–water partition coefficient (Wildman–Crippen LogP) is 3.96. The molecule has 1 rings (SSSR count). The molecule has 0 spiro atoms. The maximum absolute atomic E-state index is 5.79. The lowest BCUT2D eigenvalue weighted by atomic mass is 10.1. The van der Waals surface area contributed by atoms with Gasteiger partial charge in [-0.15, -0.1) is 0 Å². The predicted molar refractivity (Wildman–Crippen MR) is 67.4 cm³/mol. The smallest absolute Gasteiger partial charge is 0.0432 e. The first kappa shape index (κ1) is 12.6. The first-order chi connectivity index (χ1) is 7.13. The van der Waals surface area contributed by atoms with E-state index in [2.05, 4.69) is 43.4 Å². The summed E-state index contributed by atoms with van der Waals surface area (Å²) >= 11 is 11.3. The molecule has 0 unspecified atom stereocenters. The maximum Gasteiger partial charge on any atom is 0.0432 e. The Hall–Kier alpha value is -0.500. The van der Waals surface area contributed by atoms with Gasteiger partial charge in [0, 0.05) is 23.2 Å². The second-order valence-corrected chi connectivity index (χ2v) is 4.27. The van der Waals surface area contributed by atoms with Crippen LogP contribution in [0.3, 0.4) is 0 Å². The molecule has 0 fully saturated rings. The molecule has 1 aromatic carbocycles. The molecule has 3 heteroatoms. The summed E-state index contributed by atoms with van der Waals surface area (Å²) in [5.41, 5.74) is 3.90. The highest BCUT2D eigenvalue weighted by Crippen LogP contribution is 2.13. The second-order valence-electron chi connectivity index (χ2n) is 3.57. The summed E-state index contributed by atoms with van der Waals surface area (Å²) in [6.45, 7) is 4.78. The van der Waals surface area contributed by atoms with Crippen LogP contribution in [-0.4, -0.2) is 6.54 Å². The van der Waals surface area contributed by atoms with Crippen molar-refractivity contribution in [2.75, 3.05) is 6.54 Å². The van der Waals surface area contributed by atoms with Crippen LogP contribution < -0.4 is 5.32 Å². The number of halogens is 2. The van der Waals surface area contributed by atoms with E-state index in [1.54, 1.807) is 0 Å². The van der Waals surface area contributed by atoms with Gasteiger partial charge in [0.2, 0.25) is 0 Å². The summed E-state index contributed by atoms with van der Waals surface area (Å²) in [6, 6.07) is 8.71. The van der Waals surface area contributed by atoms with Crippen LogP contribution >= 0.6 is 23.2 Å². The number of hydrogen-bond donors (Lipinski definition) is 1. The molecule has 0 amide bonds. The molecule has 1 atom stereocenters. The minimum Gasteiger partial charge on any atom is -0.305 e. The Morgan fingerprint density at radius 3 is 2.53 bits per heavy atom. The molecule has 1 aromatic rings. The lowest BCUT2D eigenvalue weighted by Crippen LogP contribution is -2.19. The zero-order valence-corrected chi connectivity index (χ0v) is 10.4. The van der Waals surface area contributed by atoms with E-state index in [4.69, 9.17) is 23.2 Å². The molecule has 0 bridgehead atoms. The van der Waals surface area contributed by atoms with Crippen LogP contribution in [-0.2, 0) is 0 Å². The average Bonchev–Trinajstić information content (AvgIpc) is 2.26. The number of hydrogen-bond acceptors (Lipinski definition) is 1. The van der Waals surface area contributed by atoms with E-state index in [1.807, 2.05) is 0 Å². The largest absolute Gasteiger partial charge is 0.305 e. The van der Waals surface area contributed by atoms with Crippen LogP contribution in [0.5, 0.6) is 0 Å². The van der Waals surface area contributed by atoms with Gasteiger partial charge in [0.1, 0.15) is 0 Å². The molecule has 0 heterocycles. The van der Waals surface area contributed by atoms with Gasteiger partial charge in [-0.05, 0) is 19.4 Å². The van der Waals surface area contributed by atoms with Crippen molar-refractivity contribution < 1.29 is 0 Å². The van der Waals surface area contributed by atoms with Gasteiger partial charge in [-0.1, -0.05) is 53.0 Å². The van der Waals surface area contributed by atoms with E-state index in [-0.39, 0.29) is 6.04 Å². The summed E-state index contributed by atoms with van der Waals surface area (Å²) in [7, 11) is 0. The molecule has 0 saturated carbocycles. The van der Waals surface area contributed by atoms with Crippen molar-refractivity contribution in [2.45, 2.75) is 19.9 Å². The molecule has 0 saturated heterocycles. The Morgan fingerprint density at radius 1 is 1.40 bits per heavy atom. The molecule has 1 N–H and O–H groups in total. The van der Waals surface area contributed by atoms with E-state index >= 15 is 0 Å². The summed E-state index contributed by atoms with van der Waals surface area (Å²) in [5, 5.41) is 3.91. The van der Waals surface area contributed by atoms with Crippen molar-refractivity contribution >= 4 is 23.2 Å². The second kappa shape index (κ2) is 6.16. The lowest BCUT2D eigenvalue weighted by molar-refractivity contribution is 0.614. The van der Waals surface area contributed by atoms with Crippen molar-refractivity contribution in [3.63, 3.8) is 0 Å². The molecule has 15 heavy (non-hydrogen) atoms. The van der Waals surface area contributed by atoms with Gasteiger partial charge in [-0.2, -0.15) is 0 Å². The van der Waals surface area contributed by atoms with E-state index in [1.165, 1.54) is 16.7 Å². The van der Waals surface area contributed by atoms with E-state index in [0.717, 1.165) is 0 Å². The van der Waals surface area contributed by atoms with Crippen LogP contribution in [0, 0.1) is 6.92 Å². The molecule has 1 nitrogen and oxygen atoms in total. The Kier molecular flexibility index (Phi) is 5.16. The third-order valence-corrected chi connectivity index (χ3v) is 2.89. The highest BCUT2D eigenvalue weighted by atomic mass is 35.5. The summed E-state index contributed by atoms with van der Waals surface area (Å²) in [6.07, 6.45) is 0. The van der Waals surface area contributed by atoms with Crippen LogP contribution in [0.2, 0.25) is 0 Å². The van der Waals surface area contributed by atoms with Crippen LogP contribution in [0.15, 0.2) is 34.8 Å². The summed E-state index contributed by atoms with van der Waals surface area (Å²) in [4.78, 5) is 0. The third-order valence-electron chi connectivity index (χ3n) is 2.27. The molecular weight excluding hydrogens is 229 g/mol. The summed E-state index contributed by atoms with van der Waals surface area (Å²) < 4.78 is 0. The fraction of sp³-hybridized carbons (Fsp3) is 0.333. The average molecular weight is 244 g/mol. The van der Waals surface area contributed by atoms with Gasteiger partial charge in [-0.25, -0.2) is 0 Å². The van der Waals surface area contributed by atoms with Crippen molar-refractivity contribution in [1.82, 2.24) is 5.32 Å². The Bertz CT molecular complexity index is 330. The number of aryl methyl sites for hydroxylation is 1. The first-order valence-electron chi connectivity index (χ1n) is 4.88. The topological polar surface area (TPSA) is 12.0 Å². The fourth-order valence-corrected chi connectivity index (χ4v) is 1.42.